The monoisotopic (exact) mass is 288 g/mol. The topological polar surface area (TPSA) is 55.8 Å². The molecule has 1 N–H and O–H groups in total. The highest BCUT2D eigenvalue weighted by Gasteiger charge is 2.37. The molecule has 4 nitrogen and oxygen atoms in total. The van der Waals surface area contributed by atoms with E-state index in [1.165, 1.54) is 7.11 Å². The summed E-state index contributed by atoms with van der Waals surface area (Å²) in [4.78, 5) is 12.3. The number of hydrogen-bond acceptors (Lipinski definition) is 4. The Labute approximate surface area is 124 Å². The summed E-state index contributed by atoms with van der Waals surface area (Å²) in [5, 5.41) is 10.3. The van der Waals surface area contributed by atoms with E-state index in [9.17, 15) is 9.90 Å². The summed E-state index contributed by atoms with van der Waals surface area (Å²) in [7, 11) is 1.51. The first-order chi connectivity index (χ1) is 9.97. The van der Waals surface area contributed by atoms with Crippen LogP contribution in [0.3, 0.4) is 0 Å². The van der Waals surface area contributed by atoms with E-state index in [1.807, 2.05) is 32.0 Å². The Morgan fingerprint density at radius 2 is 1.95 bits per heavy atom. The first kappa shape index (κ1) is 15.5. The lowest BCUT2D eigenvalue weighted by Gasteiger charge is -2.33. The zero-order valence-corrected chi connectivity index (χ0v) is 12.5. The van der Waals surface area contributed by atoms with Crippen LogP contribution >= 0.6 is 0 Å². The molecule has 0 saturated heterocycles. The fraction of sp³-hybridized carbons (Fsp3) is 0.353. The summed E-state index contributed by atoms with van der Waals surface area (Å²) >= 11 is 0. The number of ketones is 1. The van der Waals surface area contributed by atoms with Crippen molar-refractivity contribution in [3.05, 3.63) is 53.6 Å². The van der Waals surface area contributed by atoms with Gasteiger partial charge in [0.05, 0.1) is 18.1 Å². The predicted molar refractivity (Wildman–Crippen MR) is 80.7 cm³/mol. The summed E-state index contributed by atoms with van der Waals surface area (Å²) in [6, 6.07) is 8.99. The van der Waals surface area contributed by atoms with Crippen molar-refractivity contribution in [2.45, 2.75) is 32.2 Å². The van der Waals surface area contributed by atoms with Gasteiger partial charge in [0.2, 0.25) is 0 Å². The summed E-state index contributed by atoms with van der Waals surface area (Å²) < 4.78 is 11.1. The van der Waals surface area contributed by atoms with Crippen molar-refractivity contribution in [1.82, 2.24) is 0 Å². The number of benzene rings is 1. The molecule has 21 heavy (non-hydrogen) atoms. The summed E-state index contributed by atoms with van der Waals surface area (Å²) in [6.45, 7) is 3.76. The molecule has 0 aliphatic heterocycles. The van der Waals surface area contributed by atoms with Gasteiger partial charge in [-0.05, 0) is 26.0 Å². The van der Waals surface area contributed by atoms with Gasteiger partial charge in [-0.15, -0.1) is 0 Å². The van der Waals surface area contributed by atoms with Crippen molar-refractivity contribution in [2.24, 2.45) is 0 Å². The Hall–Kier alpha value is -1.91. The third-order valence-corrected chi connectivity index (χ3v) is 3.29. The predicted octanol–water partition coefficient (Wildman–Crippen LogP) is 3.25. The van der Waals surface area contributed by atoms with Crippen LogP contribution in [0.1, 0.15) is 25.8 Å². The standard InChI is InChI=1S/C17H20O4/c1-12(2)21-17(20-3)10-9-14(15(18)11-17)16(19)13-7-5-4-6-8-13/h4-10,12,19H,11H2,1-3H3. The number of carbonyl (C=O) groups is 1. The Morgan fingerprint density at radius 1 is 1.29 bits per heavy atom. The highest BCUT2D eigenvalue weighted by Crippen LogP contribution is 2.31. The number of rotatable bonds is 4. The number of aliphatic hydroxyl groups excluding tert-OH is 1. The van der Waals surface area contributed by atoms with Gasteiger partial charge in [-0.3, -0.25) is 4.79 Å². The largest absolute Gasteiger partial charge is 0.507 e. The zero-order chi connectivity index (χ0) is 15.5. The van der Waals surface area contributed by atoms with Gasteiger partial charge in [-0.25, -0.2) is 0 Å². The molecule has 1 aliphatic carbocycles. The van der Waals surface area contributed by atoms with Crippen LogP contribution in [0.4, 0.5) is 0 Å². The number of carbonyl (C=O) groups excluding carboxylic acids is 1. The van der Waals surface area contributed by atoms with Gasteiger partial charge >= 0.3 is 0 Å². The van der Waals surface area contributed by atoms with Crippen molar-refractivity contribution < 1.29 is 19.4 Å². The minimum atomic E-state index is -1.05. The van der Waals surface area contributed by atoms with Gasteiger partial charge in [0.1, 0.15) is 5.76 Å². The summed E-state index contributed by atoms with van der Waals surface area (Å²) in [6.07, 6.45) is 3.23. The molecule has 0 fully saturated rings. The van der Waals surface area contributed by atoms with Crippen LogP contribution in [0.5, 0.6) is 0 Å². The first-order valence-electron chi connectivity index (χ1n) is 6.91. The number of methoxy groups -OCH3 is 1. The third-order valence-electron chi connectivity index (χ3n) is 3.29. The van der Waals surface area contributed by atoms with E-state index in [0.717, 1.165) is 0 Å². The number of aliphatic hydroxyl groups is 1. The molecule has 112 valence electrons. The molecule has 0 saturated carbocycles. The van der Waals surface area contributed by atoms with Crippen molar-refractivity contribution in [2.75, 3.05) is 7.11 Å². The maximum Gasteiger partial charge on any atom is 0.195 e. The van der Waals surface area contributed by atoms with E-state index in [-0.39, 0.29) is 29.6 Å². The fourth-order valence-electron chi connectivity index (χ4n) is 2.31. The summed E-state index contributed by atoms with van der Waals surface area (Å²) in [5.41, 5.74) is 0.890. The van der Waals surface area contributed by atoms with Gasteiger partial charge < -0.3 is 14.6 Å². The summed E-state index contributed by atoms with van der Waals surface area (Å²) in [5.74, 6) is -1.28. The lowest BCUT2D eigenvalue weighted by Crippen LogP contribution is -2.40. The highest BCUT2D eigenvalue weighted by molar-refractivity contribution is 6.05. The molecule has 1 atom stereocenters. The Morgan fingerprint density at radius 3 is 2.48 bits per heavy atom. The Bertz CT molecular complexity index is 572. The van der Waals surface area contributed by atoms with Crippen LogP contribution in [0.15, 0.2) is 48.1 Å². The van der Waals surface area contributed by atoms with E-state index >= 15 is 0 Å². The van der Waals surface area contributed by atoms with Gasteiger partial charge in [0, 0.05) is 12.7 Å². The molecule has 0 heterocycles. The number of hydrogen-bond donors (Lipinski definition) is 1. The number of ether oxygens (including phenoxy) is 2. The average molecular weight is 288 g/mol. The molecule has 1 aromatic carbocycles. The Kier molecular flexibility index (Phi) is 4.60. The first-order valence-corrected chi connectivity index (χ1v) is 6.91. The van der Waals surface area contributed by atoms with Crippen molar-refractivity contribution in [3.8, 4) is 0 Å². The van der Waals surface area contributed by atoms with Crippen LogP contribution in [-0.2, 0) is 14.3 Å². The minimum Gasteiger partial charge on any atom is -0.507 e. The molecule has 4 heteroatoms. The second-order valence-corrected chi connectivity index (χ2v) is 5.24. The average Bonchev–Trinajstić information content (AvgIpc) is 2.47. The van der Waals surface area contributed by atoms with Crippen molar-refractivity contribution in [1.29, 1.82) is 0 Å². The fourth-order valence-corrected chi connectivity index (χ4v) is 2.31. The van der Waals surface area contributed by atoms with Crippen LogP contribution < -0.4 is 0 Å². The molecular weight excluding hydrogens is 268 g/mol. The second kappa shape index (κ2) is 6.24. The molecule has 0 spiro atoms. The number of allylic oxidation sites excluding steroid dienone is 2. The van der Waals surface area contributed by atoms with Crippen molar-refractivity contribution >= 4 is 11.5 Å². The molecule has 1 aromatic rings. The quantitative estimate of drug-likeness (QED) is 0.525. The molecule has 0 radical (unpaired) electrons. The SMILES string of the molecule is COC1(OC(C)C)C=CC(=C(O)c2ccccc2)C(=O)C1. The highest BCUT2D eigenvalue weighted by atomic mass is 16.7. The Balaban J connectivity index is 2.36. The van der Waals surface area contributed by atoms with E-state index < -0.39 is 5.79 Å². The molecule has 0 amide bonds. The van der Waals surface area contributed by atoms with Gasteiger partial charge in [0.25, 0.3) is 0 Å². The number of Topliss-reactive ketones (excluding diaryl/α,β-unsaturated/α-hetero) is 1. The third kappa shape index (κ3) is 3.40. The molecule has 1 unspecified atom stereocenters. The second-order valence-electron chi connectivity index (χ2n) is 5.24. The molecular formula is C17H20O4. The van der Waals surface area contributed by atoms with Crippen LogP contribution in [0.25, 0.3) is 5.76 Å². The smallest absolute Gasteiger partial charge is 0.195 e. The zero-order valence-electron chi connectivity index (χ0n) is 12.5. The van der Waals surface area contributed by atoms with E-state index in [1.54, 1.807) is 24.3 Å². The van der Waals surface area contributed by atoms with E-state index in [2.05, 4.69) is 0 Å². The van der Waals surface area contributed by atoms with Crippen LogP contribution in [0.2, 0.25) is 0 Å². The van der Waals surface area contributed by atoms with Gasteiger partial charge in [-0.2, -0.15) is 0 Å². The molecule has 0 bridgehead atoms. The normalized spacial score (nSPS) is 24.5. The maximum atomic E-state index is 12.3. The minimum absolute atomic E-state index is 0.0221. The molecule has 1 aliphatic rings. The maximum absolute atomic E-state index is 12.3. The lowest BCUT2D eigenvalue weighted by atomic mass is 9.92. The van der Waals surface area contributed by atoms with Crippen molar-refractivity contribution in [3.63, 3.8) is 0 Å². The van der Waals surface area contributed by atoms with E-state index in [4.69, 9.17) is 9.47 Å². The van der Waals surface area contributed by atoms with Gasteiger partial charge in [0.15, 0.2) is 11.6 Å². The molecule has 2 rings (SSSR count). The van der Waals surface area contributed by atoms with E-state index in [0.29, 0.717) is 5.56 Å². The van der Waals surface area contributed by atoms with Crippen LogP contribution in [-0.4, -0.2) is 29.9 Å². The van der Waals surface area contributed by atoms with Gasteiger partial charge in [-0.1, -0.05) is 30.3 Å². The lowest BCUT2D eigenvalue weighted by molar-refractivity contribution is -0.210. The molecule has 0 aromatic heterocycles. The van der Waals surface area contributed by atoms with Crippen LogP contribution in [0, 0.1) is 0 Å².